The number of anilines is 1. The van der Waals surface area contributed by atoms with Gasteiger partial charge in [0.15, 0.2) is 0 Å². The molecule has 0 radical (unpaired) electrons. The van der Waals surface area contributed by atoms with E-state index in [-0.39, 0.29) is 0 Å². The van der Waals surface area contributed by atoms with Crippen molar-refractivity contribution in [2.45, 2.75) is 11.3 Å². The Bertz CT molecular complexity index is 605. The van der Waals surface area contributed by atoms with Crippen molar-refractivity contribution in [1.82, 2.24) is 0 Å². The zero-order valence-electron chi connectivity index (χ0n) is 10.3. The van der Waals surface area contributed by atoms with E-state index in [1.165, 1.54) is 0 Å². The fourth-order valence-corrected chi connectivity index (χ4v) is 2.39. The maximum absolute atomic E-state index is 5.90. The second-order valence-corrected chi connectivity index (χ2v) is 5.40. The number of hydrazone groups is 1. The van der Waals surface area contributed by atoms with Crippen LogP contribution in [0.2, 0.25) is 5.02 Å². The molecule has 1 aliphatic heterocycles. The fraction of sp³-hybridized carbons (Fsp3) is 0.133. The third kappa shape index (κ3) is 2.77. The van der Waals surface area contributed by atoms with Crippen LogP contribution in [0.1, 0.15) is 12.0 Å². The molecule has 1 heterocycles. The topological polar surface area (TPSA) is 15.6 Å². The lowest BCUT2D eigenvalue weighted by Gasteiger charge is -2.13. The van der Waals surface area contributed by atoms with Gasteiger partial charge in [0.05, 0.1) is 11.4 Å². The lowest BCUT2D eigenvalue weighted by atomic mass is 10.1. The van der Waals surface area contributed by atoms with Crippen molar-refractivity contribution in [2.75, 3.05) is 11.6 Å². The van der Waals surface area contributed by atoms with E-state index in [2.05, 4.69) is 17.7 Å². The van der Waals surface area contributed by atoms with E-state index in [1.54, 1.807) is 0 Å². The molecule has 2 aromatic carbocycles. The summed E-state index contributed by atoms with van der Waals surface area (Å²) in [5.41, 5.74) is 3.34. The van der Waals surface area contributed by atoms with Gasteiger partial charge in [0.25, 0.3) is 0 Å². The third-order valence-corrected chi connectivity index (χ3v) is 3.68. The SMILES string of the molecule is Sc1ccc(N2CCC(c3ccc(Cl)cc3)=N2)cc1. The molecule has 2 nitrogen and oxygen atoms in total. The van der Waals surface area contributed by atoms with Gasteiger partial charge in [-0.1, -0.05) is 23.7 Å². The summed E-state index contributed by atoms with van der Waals surface area (Å²) in [6, 6.07) is 15.9. The summed E-state index contributed by atoms with van der Waals surface area (Å²) in [7, 11) is 0. The normalized spacial score (nSPS) is 14.6. The van der Waals surface area contributed by atoms with Crippen molar-refractivity contribution in [1.29, 1.82) is 0 Å². The predicted molar refractivity (Wildman–Crippen MR) is 83.6 cm³/mol. The monoisotopic (exact) mass is 288 g/mol. The second-order valence-electron chi connectivity index (χ2n) is 4.44. The number of rotatable bonds is 2. The lowest BCUT2D eigenvalue weighted by molar-refractivity contribution is 0.921. The first-order valence-corrected chi connectivity index (χ1v) is 6.95. The van der Waals surface area contributed by atoms with Gasteiger partial charge in [0.2, 0.25) is 0 Å². The maximum atomic E-state index is 5.90. The van der Waals surface area contributed by atoms with Crippen LogP contribution in [0.5, 0.6) is 0 Å². The first kappa shape index (κ1) is 12.6. The van der Waals surface area contributed by atoms with Gasteiger partial charge in [-0.15, -0.1) is 12.6 Å². The molecule has 1 aliphatic rings. The molecular weight excluding hydrogens is 276 g/mol. The number of hydrogen-bond acceptors (Lipinski definition) is 3. The Labute approximate surface area is 123 Å². The minimum atomic E-state index is 0.753. The highest BCUT2D eigenvalue weighted by molar-refractivity contribution is 7.80. The Kier molecular flexibility index (Phi) is 3.49. The Morgan fingerprint density at radius 3 is 2.37 bits per heavy atom. The van der Waals surface area contributed by atoms with E-state index >= 15 is 0 Å². The zero-order valence-corrected chi connectivity index (χ0v) is 11.9. The van der Waals surface area contributed by atoms with Crippen molar-refractivity contribution in [3.8, 4) is 0 Å². The summed E-state index contributed by atoms with van der Waals surface area (Å²) >= 11 is 10.2. The molecule has 0 aromatic heterocycles. The van der Waals surface area contributed by atoms with Gasteiger partial charge in [-0.25, -0.2) is 0 Å². The molecule has 0 aliphatic carbocycles. The minimum absolute atomic E-state index is 0.753. The molecule has 2 aromatic rings. The number of hydrogen-bond donors (Lipinski definition) is 1. The summed E-state index contributed by atoms with van der Waals surface area (Å²) in [4.78, 5) is 0.963. The third-order valence-electron chi connectivity index (χ3n) is 3.13. The Balaban J connectivity index is 1.84. The Hall–Kier alpha value is -1.45. The fourth-order valence-electron chi connectivity index (χ4n) is 2.11. The molecule has 0 saturated heterocycles. The smallest absolute Gasteiger partial charge is 0.0700 e. The zero-order chi connectivity index (χ0) is 13.2. The molecule has 3 rings (SSSR count). The van der Waals surface area contributed by atoms with Crippen molar-refractivity contribution in [3.63, 3.8) is 0 Å². The summed E-state index contributed by atoms with van der Waals surface area (Å²) in [5, 5.41) is 7.45. The minimum Gasteiger partial charge on any atom is -0.265 e. The van der Waals surface area contributed by atoms with Crippen LogP contribution in [0.25, 0.3) is 0 Å². The Morgan fingerprint density at radius 2 is 1.68 bits per heavy atom. The van der Waals surface area contributed by atoms with Gasteiger partial charge in [0, 0.05) is 22.9 Å². The molecule has 0 amide bonds. The van der Waals surface area contributed by atoms with Crippen LogP contribution in [0.15, 0.2) is 58.5 Å². The van der Waals surface area contributed by atoms with Crippen LogP contribution < -0.4 is 5.01 Å². The van der Waals surface area contributed by atoms with Crippen LogP contribution >= 0.6 is 24.2 Å². The van der Waals surface area contributed by atoms with Gasteiger partial charge in [-0.05, 0) is 42.0 Å². The maximum Gasteiger partial charge on any atom is 0.0700 e. The molecule has 0 N–H and O–H groups in total. The number of thiol groups is 1. The van der Waals surface area contributed by atoms with E-state index in [4.69, 9.17) is 11.6 Å². The first-order chi connectivity index (χ1) is 9.22. The van der Waals surface area contributed by atoms with Crippen molar-refractivity contribution < 1.29 is 0 Å². The van der Waals surface area contributed by atoms with E-state index in [9.17, 15) is 0 Å². The van der Waals surface area contributed by atoms with Gasteiger partial charge in [-0.2, -0.15) is 5.10 Å². The summed E-state index contributed by atoms with van der Waals surface area (Å²) in [6.07, 6.45) is 0.949. The van der Waals surface area contributed by atoms with Gasteiger partial charge >= 0.3 is 0 Å². The van der Waals surface area contributed by atoms with Gasteiger partial charge in [0.1, 0.15) is 0 Å². The van der Waals surface area contributed by atoms with Crippen molar-refractivity contribution in [2.24, 2.45) is 5.10 Å². The summed E-state index contributed by atoms with van der Waals surface area (Å²) in [6.45, 7) is 0.907. The first-order valence-electron chi connectivity index (χ1n) is 6.12. The molecule has 96 valence electrons. The average molecular weight is 289 g/mol. The number of halogens is 1. The summed E-state index contributed by atoms with van der Waals surface area (Å²) in [5.74, 6) is 0. The number of nitrogens with zero attached hydrogens (tertiary/aromatic N) is 2. The number of benzene rings is 2. The molecular formula is C15H13ClN2S. The van der Waals surface area contributed by atoms with E-state index in [1.807, 2.05) is 53.5 Å². The quantitative estimate of drug-likeness (QED) is 0.817. The van der Waals surface area contributed by atoms with Crippen molar-refractivity contribution >= 4 is 35.6 Å². The van der Waals surface area contributed by atoms with Crippen LogP contribution in [0.3, 0.4) is 0 Å². The highest BCUT2D eigenvalue weighted by atomic mass is 35.5. The van der Waals surface area contributed by atoms with Gasteiger partial charge in [-0.3, -0.25) is 5.01 Å². The van der Waals surface area contributed by atoms with Crippen LogP contribution in [0.4, 0.5) is 5.69 Å². The highest BCUT2D eigenvalue weighted by Gasteiger charge is 2.17. The second kappa shape index (κ2) is 5.27. The molecule has 0 spiro atoms. The van der Waals surface area contributed by atoms with Crippen LogP contribution in [-0.4, -0.2) is 12.3 Å². The molecule has 0 atom stereocenters. The largest absolute Gasteiger partial charge is 0.265 e. The molecule has 0 unspecified atom stereocenters. The summed E-state index contributed by atoms with van der Waals surface area (Å²) < 4.78 is 0. The molecule has 0 bridgehead atoms. The Morgan fingerprint density at radius 1 is 1.00 bits per heavy atom. The van der Waals surface area contributed by atoms with E-state index in [0.717, 1.165) is 39.8 Å². The average Bonchev–Trinajstić information content (AvgIpc) is 2.90. The molecule has 19 heavy (non-hydrogen) atoms. The van der Waals surface area contributed by atoms with Gasteiger partial charge < -0.3 is 0 Å². The van der Waals surface area contributed by atoms with Crippen LogP contribution in [-0.2, 0) is 0 Å². The molecule has 4 heteroatoms. The lowest BCUT2D eigenvalue weighted by Crippen LogP contribution is -2.11. The van der Waals surface area contributed by atoms with Crippen LogP contribution in [0, 0.1) is 0 Å². The van der Waals surface area contributed by atoms with Crippen molar-refractivity contribution in [3.05, 3.63) is 59.1 Å². The molecule has 0 saturated carbocycles. The standard InChI is InChI=1S/C15H13ClN2S/c16-12-3-1-11(2-4-12)15-9-10-18(17-15)13-5-7-14(19)8-6-13/h1-8,19H,9-10H2. The van der Waals surface area contributed by atoms with E-state index < -0.39 is 0 Å². The van der Waals surface area contributed by atoms with E-state index in [0.29, 0.717) is 0 Å². The highest BCUT2D eigenvalue weighted by Crippen LogP contribution is 2.23. The predicted octanol–water partition coefficient (Wildman–Crippen LogP) is 4.24. The molecule has 0 fully saturated rings.